The molecule has 0 aliphatic carbocycles. The zero-order valence-electron chi connectivity index (χ0n) is 11.6. The Hall–Kier alpha value is -0.160. The summed E-state index contributed by atoms with van der Waals surface area (Å²) in [6, 6.07) is 0. The highest BCUT2D eigenvalue weighted by molar-refractivity contribution is 5.01. The van der Waals surface area contributed by atoms with E-state index in [-0.39, 0.29) is 17.0 Å². The first-order valence-electron chi connectivity index (χ1n) is 7.80. The lowest BCUT2D eigenvalue weighted by Crippen LogP contribution is -2.43. The maximum Gasteiger partial charge on any atom is 0.169 e. The number of hydrogen-bond donors (Lipinski definition) is 0. The normalized spacial score (nSPS) is 35.4. The SMILES string of the molecule is C1CC2(CCO1)CCC1(CCC3(CCOCC3)O1)O2. The fourth-order valence-corrected chi connectivity index (χ4v) is 4.27. The molecule has 0 atom stereocenters. The molecule has 0 unspecified atom stereocenters. The summed E-state index contributed by atoms with van der Waals surface area (Å²) in [6.45, 7) is 3.37. The van der Waals surface area contributed by atoms with Crippen molar-refractivity contribution in [2.75, 3.05) is 26.4 Å². The van der Waals surface area contributed by atoms with Crippen LogP contribution in [0.4, 0.5) is 0 Å². The topological polar surface area (TPSA) is 36.9 Å². The molecule has 0 N–H and O–H groups in total. The van der Waals surface area contributed by atoms with Gasteiger partial charge in [0.1, 0.15) is 0 Å². The van der Waals surface area contributed by atoms with Gasteiger partial charge in [0.15, 0.2) is 5.79 Å². The van der Waals surface area contributed by atoms with E-state index in [1.165, 1.54) is 0 Å². The average Bonchev–Trinajstić information content (AvgIpc) is 2.94. The van der Waals surface area contributed by atoms with Gasteiger partial charge in [0.05, 0.1) is 11.2 Å². The Morgan fingerprint density at radius 1 is 0.474 bits per heavy atom. The van der Waals surface area contributed by atoms with Crippen molar-refractivity contribution in [3.8, 4) is 0 Å². The Labute approximate surface area is 114 Å². The lowest BCUT2D eigenvalue weighted by Gasteiger charge is -2.38. The van der Waals surface area contributed by atoms with E-state index in [1.54, 1.807) is 0 Å². The van der Waals surface area contributed by atoms with E-state index in [0.717, 1.165) is 77.8 Å². The summed E-state index contributed by atoms with van der Waals surface area (Å²) >= 11 is 0. The summed E-state index contributed by atoms with van der Waals surface area (Å²) in [5, 5.41) is 0. The van der Waals surface area contributed by atoms with E-state index >= 15 is 0 Å². The van der Waals surface area contributed by atoms with E-state index in [2.05, 4.69) is 0 Å². The van der Waals surface area contributed by atoms with Gasteiger partial charge in [-0.15, -0.1) is 0 Å². The molecule has 0 aromatic rings. The minimum atomic E-state index is -0.283. The molecule has 4 nitrogen and oxygen atoms in total. The quantitative estimate of drug-likeness (QED) is 0.676. The standard InChI is InChI=1S/C15H24O4/c1-3-15(18-13(1)5-9-16-10-6-13)4-2-14(19-15)7-11-17-12-8-14/h1-12H2. The van der Waals surface area contributed by atoms with Crippen LogP contribution < -0.4 is 0 Å². The van der Waals surface area contributed by atoms with Crippen molar-refractivity contribution >= 4 is 0 Å². The van der Waals surface area contributed by atoms with Gasteiger partial charge in [0.2, 0.25) is 0 Å². The minimum absolute atomic E-state index is 0.0505. The monoisotopic (exact) mass is 268 g/mol. The van der Waals surface area contributed by atoms with Crippen LogP contribution in [-0.4, -0.2) is 43.4 Å². The van der Waals surface area contributed by atoms with Crippen molar-refractivity contribution in [2.24, 2.45) is 0 Å². The zero-order valence-corrected chi connectivity index (χ0v) is 11.6. The largest absolute Gasteiger partial charge is 0.381 e. The molecule has 0 amide bonds. The van der Waals surface area contributed by atoms with Crippen molar-refractivity contribution in [1.82, 2.24) is 0 Å². The molecule has 108 valence electrons. The molecule has 4 fully saturated rings. The van der Waals surface area contributed by atoms with Crippen LogP contribution in [0.1, 0.15) is 51.4 Å². The molecule has 4 rings (SSSR count). The predicted molar refractivity (Wildman–Crippen MR) is 68.9 cm³/mol. The smallest absolute Gasteiger partial charge is 0.169 e. The summed E-state index contributed by atoms with van der Waals surface area (Å²) < 4.78 is 24.0. The molecule has 3 spiro atoms. The Kier molecular flexibility index (Phi) is 2.92. The van der Waals surface area contributed by atoms with Crippen LogP contribution in [0.5, 0.6) is 0 Å². The van der Waals surface area contributed by atoms with Crippen molar-refractivity contribution < 1.29 is 18.9 Å². The molecule has 4 aliphatic rings. The van der Waals surface area contributed by atoms with Crippen LogP contribution >= 0.6 is 0 Å². The number of rotatable bonds is 0. The minimum Gasteiger partial charge on any atom is -0.381 e. The van der Waals surface area contributed by atoms with Gasteiger partial charge in [-0.2, -0.15) is 0 Å². The van der Waals surface area contributed by atoms with E-state index in [9.17, 15) is 0 Å². The fraction of sp³-hybridized carbons (Fsp3) is 1.00. The molecule has 4 aliphatic heterocycles. The van der Waals surface area contributed by atoms with Gasteiger partial charge in [0.25, 0.3) is 0 Å². The average molecular weight is 268 g/mol. The Bertz CT molecular complexity index is 308. The van der Waals surface area contributed by atoms with Gasteiger partial charge in [-0.05, 0) is 38.5 Å². The lowest BCUT2D eigenvalue weighted by atomic mass is 9.90. The maximum absolute atomic E-state index is 6.52. The molecule has 0 radical (unpaired) electrons. The van der Waals surface area contributed by atoms with E-state index in [4.69, 9.17) is 18.9 Å². The van der Waals surface area contributed by atoms with Crippen molar-refractivity contribution in [1.29, 1.82) is 0 Å². The first-order valence-corrected chi connectivity index (χ1v) is 7.80. The zero-order chi connectivity index (χ0) is 12.8. The Morgan fingerprint density at radius 3 is 1.32 bits per heavy atom. The summed E-state index contributed by atoms with van der Waals surface area (Å²) in [5.74, 6) is -0.283. The molecule has 4 heterocycles. The van der Waals surface area contributed by atoms with Crippen molar-refractivity contribution in [3.63, 3.8) is 0 Å². The molecule has 0 bridgehead atoms. The number of hydrogen-bond acceptors (Lipinski definition) is 4. The van der Waals surface area contributed by atoms with Crippen LogP contribution in [-0.2, 0) is 18.9 Å². The Balaban J connectivity index is 1.48. The summed E-state index contributed by atoms with van der Waals surface area (Å²) in [5.41, 5.74) is 0.101. The van der Waals surface area contributed by atoms with E-state index in [0.29, 0.717) is 0 Å². The van der Waals surface area contributed by atoms with Crippen LogP contribution in [0, 0.1) is 0 Å². The maximum atomic E-state index is 6.52. The first kappa shape index (κ1) is 12.6. The van der Waals surface area contributed by atoms with Gasteiger partial charge >= 0.3 is 0 Å². The second-order valence-corrected chi connectivity index (χ2v) is 6.71. The van der Waals surface area contributed by atoms with E-state index in [1.807, 2.05) is 0 Å². The van der Waals surface area contributed by atoms with Crippen LogP contribution in [0.2, 0.25) is 0 Å². The van der Waals surface area contributed by atoms with Crippen LogP contribution in [0.25, 0.3) is 0 Å². The highest BCUT2D eigenvalue weighted by atomic mass is 16.7. The van der Waals surface area contributed by atoms with Gasteiger partial charge in [0, 0.05) is 39.3 Å². The molecule has 0 saturated carbocycles. The second-order valence-electron chi connectivity index (χ2n) is 6.71. The van der Waals surface area contributed by atoms with Gasteiger partial charge in [-0.1, -0.05) is 0 Å². The van der Waals surface area contributed by atoms with Gasteiger partial charge in [-0.3, -0.25) is 0 Å². The highest BCUT2D eigenvalue weighted by Gasteiger charge is 2.57. The van der Waals surface area contributed by atoms with Crippen LogP contribution in [0.15, 0.2) is 0 Å². The molecular formula is C15H24O4. The van der Waals surface area contributed by atoms with Gasteiger partial charge < -0.3 is 18.9 Å². The molecule has 4 saturated heterocycles. The lowest BCUT2D eigenvalue weighted by molar-refractivity contribution is -0.280. The van der Waals surface area contributed by atoms with Gasteiger partial charge in [-0.25, -0.2) is 0 Å². The Morgan fingerprint density at radius 2 is 0.895 bits per heavy atom. The van der Waals surface area contributed by atoms with Crippen molar-refractivity contribution in [2.45, 2.75) is 68.4 Å². The molecule has 0 aromatic carbocycles. The summed E-state index contributed by atoms with van der Waals surface area (Å²) in [7, 11) is 0. The first-order chi connectivity index (χ1) is 9.24. The summed E-state index contributed by atoms with van der Waals surface area (Å²) in [6.07, 6.45) is 8.56. The van der Waals surface area contributed by atoms with Crippen molar-refractivity contribution in [3.05, 3.63) is 0 Å². The summed E-state index contributed by atoms with van der Waals surface area (Å²) in [4.78, 5) is 0. The highest BCUT2D eigenvalue weighted by Crippen LogP contribution is 2.54. The second kappa shape index (κ2) is 4.42. The van der Waals surface area contributed by atoms with Crippen LogP contribution in [0.3, 0.4) is 0 Å². The molecule has 19 heavy (non-hydrogen) atoms. The third-order valence-corrected chi connectivity index (χ3v) is 5.54. The molecule has 4 heteroatoms. The molecular weight excluding hydrogens is 244 g/mol. The predicted octanol–water partition coefficient (Wildman–Crippen LogP) is 2.40. The third-order valence-electron chi connectivity index (χ3n) is 5.54. The third kappa shape index (κ3) is 2.13. The number of ether oxygens (including phenoxy) is 4. The fourth-order valence-electron chi connectivity index (χ4n) is 4.27. The van der Waals surface area contributed by atoms with E-state index < -0.39 is 0 Å². The molecule has 0 aromatic heterocycles.